The Balaban J connectivity index is 2.07. The molecule has 3 heterocycles. The molecule has 28 heavy (non-hydrogen) atoms. The molecule has 3 rings (SSSR count). The number of nitrogens with zero attached hydrogens (tertiary/aromatic N) is 4. The minimum Gasteiger partial charge on any atom is -0.507 e. The minimum absolute atomic E-state index is 0.000330. The molecule has 1 aliphatic rings. The fourth-order valence-electron chi connectivity index (χ4n) is 3.37. The summed E-state index contributed by atoms with van der Waals surface area (Å²) in [6, 6.07) is 2.61. The van der Waals surface area contributed by atoms with Crippen LogP contribution in [0, 0.1) is 13.8 Å². The summed E-state index contributed by atoms with van der Waals surface area (Å²) in [6.45, 7) is 4.59. The SMILES string of the molecule is Cc1ncc(C(O)=C2C(=O)C(=O)N(CCCN(C)C)[C@H]2c2ccco2)c(C)n1. The molecule has 0 saturated carbocycles. The lowest BCUT2D eigenvalue weighted by molar-refractivity contribution is -0.140. The first kappa shape index (κ1) is 19.8. The molecule has 0 aliphatic carbocycles. The number of carbonyl (C=O) groups excluding carboxylic acids is 2. The summed E-state index contributed by atoms with van der Waals surface area (Å²) in [5.41, 5.74) is 0.857. The van der Waals surface area contributed by atoms with Gasteiger partial charge in [0.25, 0.3) is 11.7 Å². The molecule has 2 aromatic heterocycles. The van der Waals surface area contributed by atoms with Gasteiger partial charge < -0.3 is 19.3 Å². The van der Waals surface area contributed by atoms with Gasteiger partial charge in [-0.25, -0.2) is 9.97 Å². The number of rotatable bonds is 6. The van der Waals surface area contributed by atoms with Crippen molar-refractivity contribution in [3.8, 4) is 0 Å². The van der Waals surface area contributed by atoms with E-state index in [1.54, 1.807) is 26.0 Å². The molecule has 1 amide bonds. The van der Waals surface area contributed by atoms with Crippen LogP contribution in [0.15, 0.2) is 34.6 Å². The molecule has 2 aromatic rings. The van der Waals surface area contributed by atoms with Crippen LogP contribution in [0.4, 0.5) is 0 Å². The van der Waals surface area contributed by atoms with E-state index in [1.807, 2.05) is 19.0 Å². The second kappa shape index (κ2) is 7.93. The molecule has 0 aromatic carbocycles. The zero-order valence-electron chi connectivity index (χ0n) is 16.5. The maximum absolute atomic E-state index is 12.8. The third-order valence-electron chi connectivity index (χ3n) is 4.71. The van der Waals surface area contributed by atoms with E-state index in [9.17, 15) is 14.7 Å². The number of aliphatic hydroxyl groups excluding tert-OH is 1. The van der Waals surface area contributed by atoms with Crippen LogP contribution in [0.3, 0.4) is 0 Å². The van der Waals surface area contributed by atoms with E-state index < -0.39 is 17.7 Å². The largest absolute Gasteiger partial charge is 0.507 e. The first-order chi connectivity index (χ1) is 13.3. The van der Waals surface area contributed by atoms with E-state index >= 15 is 0 Å². The predicted molar refractivity (Wildman–Crippen MR) is 102 cm³/mol. The lowest BCUT2D eigenvalue weighted by Gasteiger charge is -2.24. The quantitative estimate of drug-likeness (QED) is 0.462. The summed E-state index contributed by atoms with van der Waals surface area (Å²) in [6.07, 6.45) is 3.63. The Morgan fingerprint density at radius 3 is 2.68 bits per heavy atom. The monoisotopic (exact) mass is 384 g/mol. The Bertz CT molecular complexity index is 918. The highest BCUT2D eigenvalue weighted by atomic mass is 16.3. The van der Waals surface area contributed by atoms with Crippen molar-refractivity contribution in [2.45, 2.75) is 26.3 Å². The highest BCUT2D eigenvalue weighted by Gasteiger charge is 2.47. The number of aryl methyl sites for hydroxylation is 2. The van der Waals surface area contributed by atoms with Crippen LogP contribution in [0.5, 0.6) is 0 Å². The molecular weight excluding hydrogens is 360 g/mol. The number of furan rings is 1. The van der Waals surface area contributed by atoms with Gasteiger partial charge in [-0.15, -0.1) is 0 Å². The lowest BCUT2D eigenvalue weighted by atomic mass is 9.99. The summed E-state index contributed by atoms with van der Waals surface area (Å²) in [7, 11) is 3.89. The van der Waals surface area contributed by atoms with Crippen LogP contribution in [0.1, 0.15) is 35.3 Å². The molecule has 8 nitrogen and oxygen atoms in total. The number of amides is 1. The highest BCUT2D eigenvalue weighted by molar-refractivity contribution is 6.46. The van der Waals surface area contributed by atoms with E-state index in [-0.39, 0.29) is 11.3 Å². The lowest BCUT2D eigenvalue weighted by Crippen LogP contribution is -2.32. The number of carbonyl (C=O) groups is 2. The second-order valence-corrected chi connectivity index (χ2v) is 7.08. The predicted octanol–water partition coefficient (Wildman–Crippen LogP) is 2.06. The fourth-order valence-corrected chi connectivity index (χ4v) is 3.37. The van der Waals surface area contributed by atoms with Crippen molar-refractivity contribution in [2.24, 2.45) is 0 Å². The van der Waals surface area contributed by atoms with Crippen molar-refractivity contribution in [2.75, 3.05) is 27.2 Å². The third kappa shape index (κ3) is 3.68. The third-order valence-corrected chi connectivity index (χ3v) is 4.71. The van der Waals surface area contributed by atoms with E-state index in [2.05, 4.69) is 9.97 Å². The zero-order valence-corrected chi connectivity index (χ0v) is 16.5. The Hall–Kier alpha value is -3.00. The fraction of sp³-hybridized carbons (Fsp3) is 0.400. The Morgan fingerprint density at radius 1 is 1.32 bits per heavy atom. The first-order valence-corrected chi connectivity index (χ1v) is 9.08. The normalized spacial score (nSPS) is 19.0. The maximum atomic E-state index is 12.8. The van der Waals surface area contributed by atoms with Crippen LogP contribution < -0.4 is 0 Å². The molecule has 148 valence electrons. The number of likely N-dealkylation sites (tertiary alicyclic amines) is 1. The molecule has 0 bridgehead atoms. The molecular formula is C20H24N4O4. The van der Waals surface area contributed by atoms with Crippen molar-refractivity contribution < 1.29 is 19.1 Å². The van der Waals surface area contributed by atoms with Gasteiger partial charge in [0.05, 0.1) is 23.1 Å². The van der Waals surface area contributed by atoms with Gasteiger partial charge in [0.2, 0.25) is 0 Å². The number of hydrogen-bond acceptors (Lipinski definition) is 7. The van der Waals surface area contributed by atoms with Crippen LogP contribution in [0.2, 0.25) is 0 Å². The van der Waals surface area contributed by atoms with Crippen LogP contribution >= 0.6 is 0 Å². The first-order valence-electron chi connectivity index (χ1n) is 9.08. The van der Waals surface area contributed by atoms with Crippen molar-refractivity contribution >= 4 is 17.4 Å². The summed E-state index contributed by atoms with van der Waals surface area (Å²) >= 11 is 0. The molecule has 0 unspecified atom stereocenters. The van der Waals surface area contributed by atoms with Gasteiger partial charge in [-0.05, 0) is 53.0 Å². The van der Waals surface area contributed by atoms with Crippen LogP contribution in [0.25, 0.3) is 5.76 Å². The summed E-state index contributed by atoms with van der Waals surface area (Å²) < 4.78 is 5.50. The summed E-state index contributed by atoms with van der Waals surface area (Å²) in [4.78, 5) is 37.3. The van der Waals surface area contributed by atoms with E-state index in [0.29, 0.717) is 35.8 Å². The van der Waals surface area contributed by atoms with Crippen molar-refractivity contribution in [1.82, 2.24) is 19.8 Å². The number of Topliss-reactive ketones (excluding diaryl/α,β-unsaturated/α-hetero) is 1. The maximum Gasteiger partial charge on any atom is 0.295 e. The smallest absolute Gasteiger partial charge is 0.295 e. The van der Waals surface area contributed by atoms with Gasteiger partial charge in [-0.3, -0.25) is 9.59 Å². The Kier molecular flexibility index (Phi) is 5.60. The average Bonchev–Trinajstić information content (AvgIpc) is 3.23. The average molecular weight is 384 g/mol. The highest BCUT2D eigenvalue weighted by Crippen LogP contribution is 2.39. The Morgan fingerprint density at radius 2 is 2.07 bits per heavy atom. The van der Waals surface area contributed by atoms with Crippen molar-refractivity contribution in [1.29, 1.82) is 0 Å². The number of aromatic nitrogens is 2. The van der Waals surface area contributed by atoms with Gasteiger partial charge in [0, 0.05) is 12.7 Å². The van der Waals surface area contributed by atoms with Crippen LogP contribution in [-0.2, 0) is 9.59 Å². The zero-order chi connectivity index (χ0) is 20.4. The van der Waals surface area contributed by atoms with E-state index in [1.165, 1.54) is 17.4 Å². The molecule has 1 N–H and O–H groups in total. The second-order valence-electron chi connectivity index (χ2n) is 7.08. The molecule has 1 aliphatic heterocycles. The van der Waals surface area contributed by atoms with Gasteiger partial charge in [0.1, 0.15) is 23.4 Å². The van der Waals surface area contributed by atoms with Gasteiger partial charge >= 0.3 is 0 Å². The molecule has 1 atom stereocenters. The van der Waals surface area contributed by atoms with Gasteiger partial charge in [-0.1, -0.05) is 0 Å². The molecule has 0 radical (unpaired) electrons. The summed E-state index contributed by atoms with van der Waals surface area (Å²) in [5, 5.41) is 10.9. The van der Waals surface area contributed by atoms with Crippen molar-refractivity contribution in [3.05, 3.63) is 53.0 Å². The van der Waals surface area contributed by atoms with E-state index in [4.69, 9.17) is 4.42 Å². The van der Waals surface area contributed by atoms with Gasteiger partial charge in [-0.2, -0.15) is 0 Å². The van der Waals surface area contributed by atoms with Crippen LogP contribution in [-0.4, -0.2) is 63.7 Å². The standard InChI is InChI=1S/C20H24N4O4/c1-12-14(11-21-13(2)22-12)18(25)16-17(15-7-5-10-28-15)24(20(27)19(16)26)9-6-8-23(3)4/h5,7,10-11,17,25H,6,8-9H2,1-4H3/t17-/m0/s1. The van der Waals surface area contributed by atoms with Gasteiger partial charge in [0.15, 0.2) is 0 Å². The molecule has 8 heteroatoms. The molecule has 1 saturated heterocycles. The molecule has 1 fully saturated rings. The Labute approximate surface area is 163 Å². The van der Waals surface area contributed by atoms with Crippen molar-refractivity contribution in [3.63, 3.8) is 0 Å². The number of hydrogen-bond donors (Lipinski definition) is 1. The minimum atomic E-state index is -0.780. The number of ketones is 1. The molecule has 0 spiro atoms. The number of aliphatic hydroxyl groups is 1. The van der Waals surface area contributed by atoms with E-state index in [0.717, 1.165) is 6.54 Å². The topological polar surface area (TPSA) is 99.8 Å². The summed E-state index contributed by atoms with van der Waals surface area (Å²) in [5.74, 6) is -0.680.